The Labute approximate surface area is 121 Å². The number of fused-ring (bicyclic) bond motifs is 1. The number of aromatic hydroxyl groups is 1. The zero-order valence-corrected chi connectivity index (χ0v) is 11.5. The lowest BCUT2D eigenvalue weighted by molar-refractivity contribution is 0.414. The van der Waals surface area contributed by atoms with Crippen molar-refractivity contribution in [3.05, 3.63) is 70.1 Å². The summed E-state index contributed by atoms with van der Waals surface area (Å²) in [4.78, 5) is 12.0. The molecular formula is C17H14O4. The molecule has 0 saturated heterocycles. The van der Waals surface area contributed by atoms with Gasteiger partial charge in [0.25, 0.3) is 0 Å². The van der Waals surface area contributed by atoms with Crippen LogP contribution in [0.1, 0.15) is 11.3 Å². The molecule has 1 heterocycles. The molecule has 0 amide bonds. The van der Waals surface area contributed by atoms with E-state index in [1.54, 1.807) is 13.2 Å². The molecule has 0 atom stereocenters. The molecule has 0 unspecified atom stereocenters. The largest absolute Gasteiger partial charge is 0.508 e. The second-order valence-corrected chi connectivity index (χ2v) is 4.78. The fourth-order valence-electron chi connectivity index (χ4n) is 2.23. The highest BCUT2D eigenvalue weighted by Gasteiger charge is 2.06. The molecule has 106 valence electrons. The van der Waals surface area contributed by atoms with Crippen molar-refractivity contribution in [2.24, 2.45) is 0 Å². The van der Waals surface area contributed by atoms with Crippen molar-refractivity contribution >= 4 is 11.0 Å². The van der Waals surface area contributed by atoms with Gasteiger partial charge in [-0.1, -0.05) is 12.1 Å². The minimum absolute atomic E-state index is 0.0762. The van der Waals surface area contributed by atoms with Crippen molar-refractivity contribution in [2.75, 3.05) is 7.11 Å². The van der Waals surface area contributed by atoms with Gasteiger partial charge in [-0.3, -0.25) is 4.79 Å². The van der Waals surface area contributed by atoms with Gasteiger partial charge in [0.05, 0.1) is 12.5 Å². The summed E-state index contributed by atoms with van der Waals surface area (Å²) in [6, 6.07) is 13.5. The van der Waals surface area contributed by atoms with Crippen LogP contribution in [0.4, 0.5) is 0 Å². The first-order valence-electron chi connectivity index (χ1n) is 6.54. The molecule has 0 bridgehead atoms. The average Bonchev–Trinajstić information content (AvgIpc) is 2.47. The van der Waals surface area contributed by atoms with Crippen LogP contribution in [-0.2, 0) is 6.42 Å². The van der Waals surface area contributed by atoms with E-state index in [0.717, 1.165) is 11.3 Å². The van der Waals surface area contributed by atoms with E-state index in [-0.39, 0.29) is 11.2 Å². The van der Waals surface area contributed by atoms with Crippen molar-refractivity contribution in [1.29, 1.82) is 0 Å². The summed E-state index contributed by atoms with van der Waals surface area (Å²) in [6.45, 7) is 0. The number of benzene rings is 2. The van der Waals surface area contributed by atoms with E-state index in [0.29, 0.717) is 23.2 Å². The van der Waals surface area contributed by atoms with Crippen LogP contribution in [0.15, 0.2) is 57.7 Å². The van der Waals surface area contributed by atoms with Crippen LogP contribution < -0.4 is 10.2 Å². The van der Waals surface area contributed by atoms with Crippen molar-refractivity contribution < 1.29 is 14.3 Å². The Morgan fingerprint density at radius 1 is 1.10 bits per heavy atom. The molecule has 0 aliphatic heterocycles. The third kappa shape index (κ3) is 2.74. The van der Waals surface area contributed by atoms with E-state index in [1.165, 1.54) is 18.2 Å². The molecule has 4 nitrogen and oxygen atoms in total. The van der Waals surface area contributed by atoms with Gasteiger partial charge in [0.1, 0.15) is 22.8 Å². The normalized spacial score (nSPS) is 10.7. The van der Waals surface area contributed by atoms with E-state index in [9.17, 15) is 9.90 Å². The quantitative estimate of drug-likeness (QED) is 0.802. The molecule has 21 heavy (non-hydrogen) atoms. The van der Waals surface area contributed by atoms with E-state index in [1.807, 2.05) is 24.3 Å². The highest BCUT2D eigenvalue weighted by atomic mass is 16.5. The molecule has 0 saturated carbocycles. The van der Waals surface area contributed by atoms with Gasteiger partial charge in [-0.2, -0.15) is 0 Å². The molecule has 0 aliphatic carbocycles. The summed E-state index contributed by atoms with van der Waals surface area (Å²) in [5.41, 5.74) is 1.30. The molecule has 2 aromatic carbocycles. The van der Waals surface area contributed by atoms with Gasteiger partial charge >= 0.3 is 0 Å². The molecule has 1 N–H and O–H groups in total. The van der Waals surface area contributed by atoms with Crippen LogP contribution in [0.25, 0.3) is 11.0 Å². The summed E-state index contributed by atoms with van der Waals surface area (Å²) in [6.07, 6.45) is 0.505. The standard InChI is InChI=1S/C17H14O4/c1-20-13-5-2-11(3-6-13)8-14-10-16(19)15-7-4-12(18)9-17(15)21-14/h2-7,9-10,18H,8H2,1H3. The Morgan fingerprint density at radius 2 is 1.86 bits per heavy atom. The number of hydrogen-bond donors (Lipinski definition) is 1. The second kappa shape index (κ2) is 5.32. The smallest absolute Gasteiger partial charge is 0.192 e. The minimum atomic E-state index is -0.111. The highest BCUT2D eigenvalue weighted by Crippen LogP contribution is 2.20. The van der Waals surface area contributed by atoms with Gasteiger partial charge in [-0.05, 0) is 29.8 Å². The fourth-order valence-corrected chi connectivity index (χ4v) is 2.23. The lowest BCUT2D eigenvalue weighted by atomic mass is 10.1. The lowest BCUT2D eigenvalue weighted by Crippen LogP contribution is -2.02. The first kappa shape index (κ1) is 13.2. The van der Waals surface area contributed by atoms with Crippen LogP contribution in [0.5, 0.6) is 11.5 Å². The van der Waals surface area contributed by atoms with E-state index >= 15 is 0 Å². The zero-order chi connectivity index (χ0) is 14.8. The van der Waals surface area contributed by atoms with Crippen molar-refractivity contribution in [3.8, 4) is 11.5 Å². The number of phenols is 1. The number of hydrogen-bond acceptors (Lipinski definition) is 4. The summed E-state index contributed by atoms with van der Waals surface area (Å²) in [5, 5.41) is 9.95. The monoisotopic (exact) mass is 282 g/mol. The molecule has 0 spiro atoms. The van der Waals surface area contributed by atoms with E-state index in [2.05, 4.69) is 0 Å². The van der Waals surface area contributed by atoms with Gasteiger partial charge in [0.2, 0.25) is 0 Å². The predicted octanol–water partition coefficient (Wildman–Crippen LogP) is 3.10. The van der Waals surface area contributed by atoms with Crippen molar-refractivity contribution in [3.63, 3.8) is 0 Å². The third-order valence-electron chi connectivity index (χ3n) is 3.30. The molecule has 4 heteroatoms. The lowest BCUT2D eigenvalue weighted by Gasteiger charge is -2.05. The Morgan fingerprint density at radius 3 is 2.57 bits per heavy atom. The van der Waals surface area contributed by atoms with Crippen molar-refractivity contribution in [2.45, 2.75) is 6.42 Å². The van der Waals surface area contributed by atoms with Gasteiger partial charge in [-0.15, -0.1) is 0 Å². The van der Waals surface area contributed by atoms with Crippen LogP contribution >= 0.6 is 0 Å². The van der Waals surface area contributed by atoms with Gasteiger partial charge in [0, 0.05) is 18.6 Å². The maximum atomic E-state index is 12.0. The van der Waals surface area contributed by atoms with Crippen LogP contribution in [0.2, 0.25) is 0 Å². The highest BCUT2D eigenvalue weighted by molar-refractivity contribution is 5.77. The molecular weight excluding hydrogens is 268 g/mol. The van der Waals surface area contributed by atoms with Crippen LogP contribution in [0, 0.1) is 0 Å². The Hall–Kier alpha value is -2.75. The number of methoxy groups -OCH3 is 1. The van der Waals surface area contributed by atoms with E-state index in [4.69, 9.17) is 9.15 Å². The molecule has 1 aromatic heterocycles. The molecule has 3 rings (SSSR count). The Bertz CT molecular complexity index is 832. The zero-order valence-electron chi connectivity index (χ0n) is 11.5. The summed E-state index contributed by atoms with van der Waals surface area (Å²) >= 11 is 0. The molecule has 3 aromatic rings. The summed E-state index contributed by atoms with van der Waals surface area (Å²) in [7, 11) is 1.61. The second-order valence-electron chi connectivity index (χ2n) is 4.78. The first-order chi connectivity index (χ1) is 10.2. The van der Waals surface area contributed by atoms with E-state index < -0.39 is 0 Å². The first-order valence-corrected chi connectivity index (χ1v) is 6.54. The number of rotatable bonds is 3. The maximum absolute atomic E-state index is 12.0. The SMILES string of the molecule is COc1ccc(Cc2cc(=O)c3ccc(O)cc3o2)cc1. The Kier molecular flexibility index (Phi) is 3.36. The molecule has 0 radical (unpaired) electrons. The van der Waals surface area contributed by atoms with Gasteiger partial charge in [-0.25, -0.2) is 0 Å². The fraction of sp³-hybridized carbons (Fsp3) is 0.118. The third-order valence-corrected chi connectivity index (χ3v) is 3.30. The van der Waals surface area contributed by atoms with Crippen LogP contribution in [0.3, 0.4) is 0 Å². The topological polar surface area (TPSA) is 59.7 Å². The average molecular weight is 282 g/mol. The minimum Gasteiger partial charge on any atom is -0.508 e. The van der Waals surface area contributed by atoms with Crippen molar-refractivity contribution in [1.82, 2.24) is 0 Å². The summed E-state index contributed by atoms with van der Waals surface area (Å²) < 4.78 is 10.8. The Balaban J connectivity index is 1.98. The summed E-state index contributed by atoms with van der Waals surface area (Å²) in [5.74, 6) is 1.42. The maximum Gasteiger partial charge on any atom is 0.192 e. The molecule has 0 fully saturated rings. The number of ether oxygens (including phenoxy) is 1. The molecule has 0 aliphatic rings. The predicted molar refractivity (Wildman–Crippen MR) is 79.9 cm³/mol. The van der Waals surface area contributed by atoms with Gasteiger partial charge < -0.3 is 14.3 Å². The van der Waals surface area contributed by atoms with Gasteiger partial charge in [0.15, 0.2) is 5.43 Å². The number of phenolic OH excluding ortho intramolecular Hbond substituents is 1. The van der Waals surface area contributed by atoms with Crippen LogP contribution in [-0.4, -0.2) is 12.2 Å².